The van der Waals surface area contributed by atoms with Crippen LogP contribution in [0.4, 0.5) is 5.69 Å². The molecule has 0 amide bonds. The van der Waals surface area contributed by atoms with Crippen LogP contribution in [0.15, 0.2) is 66.6 Å². The minimum atomic E-state index is -3.78. The zero-order valence-corrected chi connectivity index (χ0v) is 15.6. The van der Waals surface area contributed by atoms with E-state index in [1.54, 1.807) is 68.7 Å². The molecule has 2 aromatic rings. The number of aryl methyl sites for hydroxylation is 1. The number of ether oxygens (including phenoxy) is 1. The van der Waals surface area contributed by atoms with Gasteiger partial charge in [-0.05, 0) is 43.7 Å². The first-order valence-corrected chi connectivity index (χ1v) is 9.33. The zero-order valence-electron chi connectivity index (χ0n) is 14.8. The van der Waals surface area contributed by atoms with E-state index in [9.17, 15) is 8.42 Å². The number of hydrogen-bond acceptors (Lipinski definition) is 3. The van der Waals surface area contributed by atoms with E-state index in [1.165, 1.54) is 4.31 Å². The molecule has 5 heteroatoms. The molecule has 1 unspecified atom stereocenters. The van der Waals surface area contributed by atoms with E-state index in [-0.39, 0.29) is 4.90 Å². The molecule has 0 aliphatic heterocycles. The average molecular weight is 357 g/mol. The van der Waals surface area contributed by atoms with Crippen molar-refractivity contribution in [1.29, 1.82) is 0 Å². The van der Waals surface area contributed by atoms with Gasteiger partial charge in [-0.15, -0.1) is 6.58 Å². The number of methoxy groups -OCH3 is 1. The molecule has 4 nitrogen and oxygen atoms in total. The summed E-state index contributed by atoms with van der Waals surface area (Å²) in [6.07, 6.45) is 3.22. The molecule has 0 bridgehead atoms. The molecule has 0 saturated heterocycles. The van der Waals surface area contributed by atoms with Crippen molar-refractivity contribution in [3.8, 4) is 5.75 Å². The maximum Gasteiger partial charge on any atom is 0.264 e. The van der Waals surface area contributed by atoms with Crippen molar-refractivity contribution in [2.75, 3.05) is 11.4 Å². The number of benzene rings is 2. The van der Waals surface area contributed by atoms with Crippen LogP contribution in [0.3, 0.4) is 0 Å². The third kappa shape index (κ3) is 3.77. The van der Waals surface area contributed by atoms with Crippen molar-refractivity contribution in [3.63, 3.8) is 0 Å². The molecule has 0 spiro atoms. The van der Waals surface area contributed by atoms with Gasteiger partial charge in [0.1, 0.15) is 5.75 Å². The summed E-state index contributed by atoms with van der Waals surface area (Å²) < 4.78 is 33.3. The molecule has 0 aromatic heterocycles. The van der Waals surface area contributed by atoms with Crippen molar-refractivity contribution in [3.05, 3.63) is 72.8 Å². The molecule has 2 aromatic carbocycles. The Morgan fingerprint density at radius 2 is 1.76 bits per heavy atom. The lowest BCUT2D eigenvalue weighted by Gasteiger charge is -2.30. The molecular weight excluding hydrogens is 334 g/mol. The minimum absolute atomic E-state index is 0.227. The topological polar surface area (TPSA) is 46.6 Å². The molecule has 1 atom stereocenters. The van der Waals surface area contributed by atoms with Crippen LogP contribution in [-0.4, -0.2) is 21.6 Å². The van der Waals surface area contributed by atoms with Crippen LogP contribution in [0.1, 0.15) is 18.1 Å². The van der Waals surface area contributed by atoms with E-state index >= 15 is 0 Å². The Kier molecular flexibility index (Phi) is 5.69. The lowest BCUT2D eigenvalue weighted by Crippen LogP contribution is -2.38. The van der Waals surface area contributed by atoms with E-state index < -0.39 is 16.1 Å². The fraction of sp³-hybridized carbons (Fsp3) is 0.200. The summed E-state index contributed by atoms with van der Waals surface area (Å²) in [6.45, 7) is 11.3. The predicted molar refractivity (Wildman–Crippen MR) is 104 cm³/mol. The zero-order chi connectivity index (χ0) is 18.6. The number of sulfonamides is 1. The van der Waals surface area contributed by atoms with Gasteiger partial charge in [-0.3, -0.25) is 4.31 Å². The van der Waals surface area contributed by atoms with E-state index in [0.29, 0.717) is 17.0 Å². The highest BCUT2D eigenvalue weighted by molar-refractivity contribution is 7.92. The Morgan fingerprint density at radius 1 is 1.12 bits per heavy atom. The molecular formula is C20H23NO3S. The molecule has 0 fully saturated rings. The Morgan fingerprint density at radius 3 is 2.28 bits per heavy atom. The van der Waals surface area contributed by atoms with E-state index in [0.717, 1.165) is 5.56 Å². The van der Waals surface area contributed by atoms with Gasteiger partial charge in [0.15, 0.2) is 0 Å². The van der Waals surface area contributed by atoms with Gasteiger partial charge in [0.05, 0.1) is 23.7 Å². The van der Waals surface area contributed by atoms with Crippen molar-refractivity contribution in [2.24, 2.45) is 0 Å². The summed E-state index contributed by atoms with van der Waals surface area (Å²) in [5.74, 6) is 0.570. The summed E-state index contributed by atoms with van der Waals surface area (Å²) in [5.41, 5.74) is 2.20. The normalized spacial score (nSPS) is 12.3. The highest BCUT2D eigenvalue weighted by atomic mass is 32.2. The first kappa shape index (κ1) is 18.8. The van der Waals surface area contributed by atoms with Gasteiger partial charge < -0.3 is 4.74 Å². The molecule has 0 radical (unpaired) electrons. The van der Waals surface area contributed by atoms with Crippen LogP contribution in [0.5, 0.6) is 5.75 Å². The second-order valence-corrected chi connectivity index (χ2v) is 7.53. The van der Waals surface area contributed by atoms with Crippen LogP contribution in [-0.2, 0) is 10.0 Å². The standard InChI is InChI=1S/C20H23NO3S/c1-6-16(4)21(20-14-18(24-5)11-10-17(20)7-2)25(22,23)19-12-8-15(3)9-13-19/h6-14,16H,1-2H2,3-5H3. The van der Waals surface area contributed by atoms with Gasteiger partial charge in [0, 0.05) is 6.07 Å². The average Bonchev–Trinajstić information content (AvgIpc) is 2.61. The molecule has 0 aliphatic carbocycles. The fourth-order valence-electron chi connectivity index (χ4n) is 2.50. The van der Waals surface area contributed by atoms with Gasteiger partial charge in [-0.25, -0.2) is 8.42 Å². The molecule has 0 aliphatic rings. The van der Waals surface area contributed by atoms with Crippen LogP contribution in [0.25, 0.3) is 6.08 Å². The summed E-state index contributed by atoms with van der Waals surface area (Å²) in [5, 5.41) is 0. The molecule has 25 heavy (non-hydrogen) atoms. The number of nitrogens with zero attached hydrogens (tertiary/aromatic N) is 1. The maximum atomic E-state index is 13.3. The van der Waals surface area contributed by atoms with E-state index in [2.05, 4.69) is 13.2 Å². The summed E-state index contributed by atoms with van der Waals surface area (Å²) in [4.78, 5) is 0.227. The quantitative estimate of drug-likeness (QED) is 0.689. The molecule has 0 saturated carbocycles. The van der Waals surface area contributed by atoms with Gasteiger partial charge in [0.2, 0.25) is 0 Å². The summed E-state index contributed by atoms with van der Waals surface area (Å²) >= 11 is 0. The summed E-state index contributed by atoms with van der Waals surface area (Å²) in [7, 11) is -2.24. The lowest BCUT2D eigenvalue weighted by atomic mass is 10.1. The highest BCUT2D eigenvalue weighted by Gasteiger charge is 2.29. The third-order valence-corrected chi connectivity index (χ3v) is 5.90. The van der Waals surface area contributed by atoms with Crippen LogP contribution >= 0.6 is 0 Å². The SMILES string of the molecule is C=Cc1ccc(OC)cc1N(C(C)C=C)S(=O)(=O)c1ccc(C)cc1. The lowest BCUT2D eigenvalue weighted by molar-refractivity contribution is 0.415. The monoisotopic (exact) mass is 357 g/mol. The first-order valence-electron chi connectivity index (χ1n) is 7.89. The minimum Gasteiger partial charge on any atom is -0.497 e. The number of anilines is 1. The molecule has 0 heterocycles. The van der Waals surface area contributed by atoms with Gasteiger partial charge in [-0.2, -0.15) is 0 Å². The number of hydrogen-bond donors (Lipinski definition) is 0. The van der Waals surface area contributed by atoms with Crippen LogP contribution in [0, 0.1) is 6.92 Å². The summed E-state index contributed by atoms with van der Waals surface area (Å²) in [6, 6.07) is 11.6. The Bertz CT molecular complexity index is 870. The molecule has 0 N–H and O–H groups in total. The first-order chi connectivity index (χ1) is 11.8. The highest BCUT2D eigenvalue weighted by Crippen LogP contribution is 2.33. The third-order valence-electron chi connectivity index (χ3n) is 3.98. The maximum absolute atomic E-state index is 13.3. The molecule has 132 valence electrons. The smallest absolute Gasteiger partial charge is 0.264 e. The van der Waals surface area contributed by atoms with Crippen LogP contribution in [0.2, 0.25) is 0 Å². The van der Waals surface area contributed by atoms with Crippen molar-refractivity contribution in [1.82, 2.24) is 0 Å². The van der Waals surface area contributed by atoms with Crippen LogP contribution < -0.4 is 9.04 Å². The van der Waals surface area contributed by atoms with Gasteiger partial charge in [-0.1, -0.05) is 36.4 Å². The second kappa shape index (κ2) is 7.57. The second-order valence-electron chi connectivity index (χ2n) is 5.72. The Balaban J connectivity index is 2.70. The molecule has 2 rings (SSSR count). The van der Waals surface area contributed by atoms with Crippen molar-refractivity contribution < 1.29 is 13.2 Å². The Hall–Kier alpha value is -2.53. The van der Waals surface area contributed by atoms with Crippen molar-refractivity contribution >= 4 is 21.8 Å². The Labute approximate surface area is 150 Å². The fourth-order valence-corrected chi connectivity index (χ4v) is 4.15. The largest absolute Gasteiger partial charge is 0.497 e. The van der Waals surface area contributed by atoms with Gasteiger partial charge in [0.25, 0.3) is 10.0 Å². The van der Waals surface area contributed by atoms with E-state index in [1.807, 2.05) is 6.92 Å². The predicted octanol–water partition coefficient (Wildman–Crippen LogP) is 4.42. The van der Waals surface area contributed by atoms with E-state index in [4.69, 9.17) is 4.74 Å². The number of rotatable bonds is 7. The van der Waals surface area contributed by atoms with Gasteiger partial charge >= 0.3 is 0 Å². The van der Waals surface area contributed by atoms with Crippen molar-refractivity contribution in [2.45, 2.75) is 24.8 Å².